The van der Waals surface area contributed by atoms with Crippen molar-refractivity contribution in [2.24, 2.45) is 5.73 Å². The predicted molar refractivity (Wildman–Crippen MR) is 87.3 cm³/mol. The smallest absolute Gasteiger partial charge is 0.239 e. The summed E-state index contributed by atoms with van der Waals surface area (Å²) in [6.07, 6.45) is 0. The van der Waals surface area contributed by atoms with Gasteiger partial charge in [0.25, 0.3) is 0 Å². The summed E-state index contributed by atoms with van der Waals surface area (Å²) in [7, 11) is 0. The summed E-state index contributed by atoms with van der Waals surface area (Å²) >= 11 is 1.63. The third-order valence-corrected chi connectivity index (χ3v) is 4.66. The quantitative estimate of drug-likeness (QED) is 0.908. The first-order valence-corrected chi connectivity index (χ1v) is 8.36. The Morgan fingerprint density at radius 2 is 1.95 bits per heavy atom. The fourth-order valence-corrected chi connectivity index (χ4v) is 3.46. The number of nitrogens with two attached hydrogens (primary N) is 1. The van der Waals surface area contributed by atoms with Crippen molar-refractivity contribution in [3.63, 3.8) is 0 Å². The molecule has 1 aliphatic rings. The molecule has 2 heterocycles. The molecule has 1 fully saturated rings. The molecule has 2 aromatic rings. The maximum absolute atomic E-state index is 11.9. The molecule has 3 rings (SSSR count). The van der Waals surface area contributed by atoms with E-state index < -0.39 is 0 Å². The molecule has 0 radical (unpaired) electrons. The average Bonchev–Trinajstić information content (AvgIpc) is 3.03. The average molecular weight is 316 g/mol. The molecule has 1 amide bonds. The summed E-state index contributed by atoms with van der Waals surface area (Å²) in [5, 5.41) is 2.09. The summed E-state index contributed by atoms with van der Waals surface area (Å²) in [5.74, 6) is -0.279. The highest BCUT2D eigenvalue weighted by Gasteiger charge is 2.28. The van der Waals surface area contributed by atoms with E-state index >= 15 is 0 Å². The Morgan fingerprint density at radius 3 is 2.55 bits per heavy atom. The van der Waals surface area contributed by atoms with Gasteiger partial charge < -0.3 is 5.73 Å². The number of aromatic nitrogens is 1. The van der Waals surface area contributed by atoms with Crippen LogP contribution in [0, 0.1) is 0 Å². The van der Waals surface area contributed by atoms with Crippen LogP contribution in [-0.2, 0) is 11.3 Å². The third kappa shape index (κ3) is 3.52. The highest BCUT2D eigenvalue weighted by Crippen LogP contribution is 2.22. The minimum Gasteiger partial charge on any atom is -0.368 e. The zero-order chi connectivity index (χ0) is 15.4. The zero-order valence-electron chi connectivity index (χ0n) is 12.4. The van der Waals surface area contributed by atoms with Crippen LogP contribution in [0.1, 0.15) is 17.3 Å². The number of piperazine rings is 1. The molecule has 0 spiro atoms. The molecule has 1 aromatic heterocycles. The highest BCUT2D eigenvalue weighted by atomic mass is 32.1. The van der Waals surface area contributed by atoms with Gasteiger partial charge in [-0.15, -0.1) is 11.3 Å². The maximum Gasteiger partial charge on any atom is 0.239 e. The van der Waals surface area contributed by atoms with E-state index in [4.69, 9.17) is 5.73 Å². The second-order valence-corrected chi connectivity index (χ2v) is 6.23. The zero-order valence-corrected chi connectivity index (χ0v) is 13.2. The molecule has 0 unspecified atom stereocenters. The number of hydrogen-bond acceptors (Lipinski definition) is 5. The van der Waals surface area contributed by atoms with E-state index in [-0.39, 0.29) is 11.9 Å². The predicted octanol–water partition coefficient (Wildman–Crippen LogP) is 1.49. The Hall–Kier alpha value is -1.76. The Labute approximate surface area is 134 Å². The van der Waals surface area contributed by atoms with Gasteiger partial charge in [0.05, 0.1) is 11.2 Å². The van der Waals surface area contributed by atoms with Gasteiger partial charge in [-0.25, -0.2) is 4.98 Å². The Kier molecular flexibility index (Phi) is 4.82. The summed E-state index contributed by atoms with van der Waals surface area (Å²) < 4.78 is 0. The molecular formula is C16H20N4OS. The molecule has 1 atom stereocenters. The SMILES string of the molecule is NC(=O)[C@H](c1ccccc1)N1CCN(Cc2cscn2)CC1. The summed E-state index contributed by atoms with van der Waals surface area (Å²) in [4.78, 5) is 20.8. The Balaban J connectivity index is 1.62. The first-order chi connectivity index (χ1) is 10.7. The lowest BCUT2D eigenvalue weighted by atomic mass is 10.0. The van der Waals surface area contributed by atoms with Crippen molar-refractivity contribution in [1.82, 2.24) is 14.8 Å². The molecule has 2 N–H and O–H groups in total. The monoisotopic (exact) mass is 316 g/mol. The summed E-state index contributed by atoms with van der Waals surface area (Å²) in [6, 6.07) is 9.46. The molecule has 1 saturated heterocycles. The number of hydrogen-bond donors (Lipinski definition) is 1. The molecule has 1 aliphatic heterocycles. The van der Waals surface area contributed by atoms with E-state index in [1.165, 1.54) is 0 Å². The van der Waals surface area contributed by atoms with E-state index in [1.807, 2.05) is 35.8 Å². The fourth-order valence-electron chi connectivity index (χ4n) is 2.91. The molecule has 0 bridgehead atoms. The van der Waals surface area contributed by atoms with E-state index in [1.54, 1.807) is 11.3 Å². The van der Waals surface area contributed by atoms with E-state index in [0.717, 1.165) is 44.0 Å². The maximum atomic E-state index is 11.9. The topological polar surface area (TPSA) is 62.5 Å². The van der Waals surface area contributed by atoms with Gasteiger partial charge in [0.1, 0.15) is 6.04 Å². The molecule has 6 heteroatoms. The molecule has 1 aromatic carbocycles. The Morgan fingerprint density at radius 1 is 1.23 bits per heavy atom. The van der Waals surface area contributed by atoms with Gasteiger partial charge in [-0.05, 0) is 5.56 Å². The molecular weight excluding hydrogens is 296 g/mol. The summed E-state index contributed by atoms with van der Waals surface area (Å²) in [6.45, 7) is 4.41. The van der Waals surface area contributed by atoms with Crippen molar-refractivity contribution < 1.29 is 4.79 Å². The number of thiazole rings is 1. The van der Waals surface area contributed by atoms with Crippen LogP contribution in [0.25, 0.3) is 0 Å². The minimum absolute atomic E-state index is 0.279. The van der Waals surface area contributed by atoms with E-state index in [9.17, 15) is 4.79 Å². The van der Waals surface area contributed by atoms with Crippen molar-refractivity contribution >= 4 is 17.2 Å². The third-order valence-electron chi connectivity index (χ3n) is 4.03. The molecule has 5 nitrogen and oxygen atoms in total. The van der Waals surface area contributed by atoms with Gasteiger partial charge >= 0.3 is 0 Å². The number of amides is 1. The second kappa shape index (κ2) is 7.00. The lowest BCUT2D eigenvalue weighted by Crippen LogP contribution is -2.50. The number of carbonyl (C=O) groups excluding carboxylic acids is 1. The van der Waals surface area contributed by atoms with Gasteiger partial charge in [0, 0.05) is 38.1 Å². The van der Waals surface area contributed by atoms with E-state index in [2.05, 4.69) is 20.2 Å². The van der Waals surface area contributed by atoms with Gasteiger partial charge in [-0.2, -0.15) is 0 Å². The van der Waals surface area contributed by atoms with Crippen molar-refractivity contribution in [3.05, 3.63) is 52.5 Å². The van der Waals surface area contributed by atoms with Crippen LogP contribution in [0.5, 0.6) is 0 Å². The highest BCUT2D eigenvalue weighted by molar-refractivity contribution is 7.07. The van der Waals surface area contributed by atoms with Gasteiger partial charge in [0.2, 0.25) is 5.91 Å². The lowest BCUT2D eigenvalue weighted by molar-refractivity contribution is -0.124. The molecule has 0 aliphatic carbocycles. The van der Waals surface area contributed by atoms with Crippen LogP contribution in [0.3, 0.4) is 0 Å². The number of primary amides is 1. The number of carbonyl (C=O) groups is 1. The fraction of sp³-hybridized carbons (Fsp3) is 0.375. The van der Waals surface area contributed by atoms with Crippen molar-refractivity contribution in [1.29, 1.82) is 0 Å². The van der Waals surface area contributed by atoms with Crippen molar-refractivity contribution in [2.45, 2.75) is 12.6 Å². The standard InChI is InChI=1S/C16H20N4OS/c17-16(21)15(13-4-2-1-3-5-13)20-8-6-19(7-9-20)10-14-11-22-12-18-14/h1-5,11-12,15H,6-10H2,(H2,17,21)/t15-/m0/s1. The van der Waals surface area contributed by atoms with Gasteiger partial charge in [0.15, 0.2) is 0 Å². The molecule has 116 valence electrons. The van der Waals surface area contributed by atoms with Gasteiger partial charge in [-0.1, -0.05) is 30.3 Å². The first kappa shape index (κ1) is 15.1. The van der Waals surface area contributed by atoms with Crippen LogP contribution in [-0.4, -0.2) is 46.9 Å². The van der Waals surface area contributed by atoms with Crippen molar-refractivity contribution in [2.75, 3.05) is 26.2 Å². The van der Waals surface area contributed by atoms with Crippen LogP contribution in [0.2, 0.25) is 0 Å². The van der Waals surface area contributed by atoms with Crippen LogP contribution < -0.4 is 5.73 Å². The van der Waals surface area contributed by atoms with E-state index in [0.29, 0.717) is 0 Å². The van der Waals surface area contributed by atoms with Crippen molar-refractivity contribution in [3.8, 4) is 0 Å². The largest absolute Gasteiger partial charge is 0.368 e. The Bertz CT molecular complexity index is 594. The molecule has 0 saturated carbocycles. The minimum atomic E-state index is -0.331. The first-order valence-electron chi connectivity index (χ1n) is 7.42. The van der Waals surface area contributed by atoms with Crippen LogP contribution >= 0.6 is 11.3 Å². The second-order valence-electron chi connectivity index (χ2n) is 5.51. The van der Waals surface area contributed by atoms with Crippen LogP contribution in [0.15, 0.2) is 41.2 Å². The van der Waals surface area contributed by atoms with Gasteiger partial charge in [-0.3, -0.25) is 14.6 Å². The molecule has 22 heavy (non-hydrogen) atoms. The lowest BCUT2D eigenvalue weighted by Gasteiger charge is -2.38. The summed E-state index contributed by atoms with van der Waals surface area (Å²) in [5.41, 5.74) is 9.60. The number of nitrogens with zero attached hydrogens (tertiary/aromatic N) is 3. The van der Waals surface area contributed by atoms with Crippen LogP contribution in [0.4, 0.5) is 0 Å². The number of benzene rings is 1. The normalized spacial score (nSPS) is 18.2. The number of rotatable bonds is 5.